The van der Waals surface area contributed by atoms with E-state index in [0.29, 0.717) is 22.8 Å². The van der Waals surface area contributed by atoms with Gasteiger partial charge in [-0.3, -0.25) is 9.20 Å². The standard InChI is InChI=1S/C18H14BrClN2O5/c1-25-14-6-10(5-13(20)17(14)26-2)18(24)27-9-12-7-16(23)22-8-11(19)3-4-15(22)21-12/h3-8H,9H2,1-2H3. The molecule has 0 unspecified atom stereocenters. The highest BCUT2D eigenvalue weighted by atomic mass is 79.9. The Morgan fingerprint density at radius 2 is 2.00 bits per heavy atom. The Kier molecular flexibility index (Phi) is 5.67. The Morgan fingerprint density at radius 1 is 1.22 bits per heavy atom. The van der Waals surface area contributed by atoms with Gasteiger partial charge in [0.15, 0.2) is 11.5 Å². The van der Waals surface area contributed by atoms with Gasteiger partial charge in [0.25, 0.3) is 5.56 Å². The van der Waals surface area contributed by atoms with Crippen LogP contribution in [0.1, 0.15) is 16.1 Å². The van der Waals surface area contributed by atoms with Crippen LogP contribution in [0.4, 0.5) is 0 Å². The van der Waals surface area contributed by atoms with Crippen LogP contribution in [0.5, 0.6) is 11.5 Å². The molecule has 0 atom stereocenters. The van der Waals surface area contributed by atoms with E-state index in [9.17, 15) is 9.59 Å². The monoisotopic (exact) mass is 452 g/mol. The lowest BCUT2D eigenvalue weighted by atomic mass is 10.2. The van der Waals surface area contributed by atoms with Crippen molar-refractivity contribution in [2.45, 2.75) is 6.61 Å². The molecule has 140 valence electrons. The van der Waals surface area contributed by atoms with Crippen LogP contribution in [-0.4, -0.2) is 29.6 Å². The van der Waals surface area contributed by atoms with Crippen molar-refractivity contribution < 1.29 is 19.0 Å². The van der Waals surface area contributed by atoms with Gasteiger partial charge < -0.3 is 14.2 Å². The fraction of sp³-hybridized carbons (Fsp3) is 0.167. The van der Waals surface area contributed by atoms with Crippen LogP contribution in [-0.2, 0) is 11.3 Å². The van der Waals surface area contributed by atoms with Crippen molar-refractivity contribution in [2.24, 2.45) is 0 Å². The number of benzene rings is 1. The van der Waals surface area contributed by atoms with E-state index in [-0.39, 0.29) is 22.8 Å². The lowest BCUT2D eigenvalue weighted by molar-refractivity contribution is 0.0467. The quantitative estimate of drug-likeness (QED) is 0.550. The molecule has 3 rings (SSSR count). The zero-order valence-electron chi connectivity index (χ0n) is 14.4. The molecule has 0 amide bonds. The summed E-state index contributed by atoms with van der Waals surface area (Å²) in [6.07, 6.45) is 1.62. The van der Waals surface area contributed by atoms with Gasteiger partial charge in [0.05, 0.1) is 30.5 Å². The first-order chi connectivity index (χ1) is 12.9. The van der Waals surface area contributed by atoms with Gasteiger partial charge >= 0.3 is 5.97 Å². The third-order valence-corrected chi connectivity index (χ3v) is 4.45. The van der Waals surface area contributed by atoms with Crippen LogP contribution < -0.4 is 15.0 Å². The van der Waals surface area contributed by atoms with Crippen LogP contribution in [0.2, 0.25) is 5.02 Å². The summed E-state index contributed by atoms with van der Waals surface area (Å²) in [4.78, 5) is 28.8. The molecule has 3 aromatic rings. The zero-order valence-corrected chi connectivity index (χ0v) is 16.7. The van der Waals surface area contributed by atoms with E-state index in [4.69, 9.17) is 25.8 Å². The number of esters is 1. The predicted molar refractivity (Wildman–Crippen MR) is 103 cm³/mol. The normalized spacial score (nSPS) is 10.7. The van der Waals surface area contributed by atoms with Crippen LogP contribution in [0.25, 0.3) is 5.65 Å². The molecule has 0 radical (unpaired) electrons. The summed E-state index contributed by atoms with van der Waals surface area (Å²) >= 11 is 9.40. The van der Waals surface area contributed by atoms with Gasteiger partial charge in [-0.15, -0.1) is 0 Å². The highest BCUT2D eigenvalue weighted by Crippen LogP contribution is 2.36. The smallest absolute Gasteiger partial charge is 0.338 e. The molecule has 0 bridgehead atoms. The molecule has 9 heteroatoms. The number of rotatable bonds is 5. The van der Waals surface area contributed by atoms with Crippen LogP contribution in [0, 0.1) is 0 Å². The Bertz CT molecular complexity index is 1080. The third-order valence-electron chi connectivity index (χ3n) is 3.70. The number of pyridine rings is 1. The van der Waals surface area contributed by atoms with Gasteiger partial charge in [-0.05, 0) is 40.2 Å². The van der Waals surface area contributed by atoms with Gasteiger partial charge in [0.1, 0.15) is 12.3 Å². The van der Waals surface area contributed by atoms with Crippen molar-refractivity contribution in [3.8, 4) is 11.5 Å². The molecule has 0 saturated carbocycles. The SMILES string of the molecule is COc1cc(C(=O)OCc2cc(=O)n3cc(Br)ccc3n2)cc(Cl)c1OC. The first-order valence-electron chi connectivity index (χ1n) is 7.69. The number of ether oxygens (including phenoxy) is 3. The van der Waals surface area contributed by atoms with E-state index in [0.717, 1.165) is 4.47 Å². The first-order valence-corrected chi connectivity index (χ1v) is 8.86. The summed E-state index contributed by atoms with van der Waals surface area (Å²) in [5, 5.41) is 0.219. The summed E-state index contributed by atoms with van der Waals surface area (Å²) in [6, 6.07) is 7.65. The number of halogens is 2. The average molecular weight is 454 g/mol. The van der Waals surface area contributed by atoms with Crippen LogP contribution >= 0.6 is 27.5 Å². The summed E-state index contributed by atoms with van der Waals surface area (Å²) in [5.74, 6) is 0.00588. The van der Waals surface area contributed by atoms with E-state index in [1.165, 1.54) is 36.8 Å². The second-order valence-corrected chi connectivity index (χ2v) is 6.75. The van der Waals surface area contributed by atoms with E-state index in [2.05, 4.69) is 20.9 Å². The predicted octanol–water partition coefficient (Wildman–Crippen LogP) is 3.48. The molecule has 7 nitrogen and oxygen atoms in total. The van der Waals surface area contributed by atoms with Gasteiger partial charge in [0, 0.05) is 16.7 Å². The molecule has 0 aliphatic carbocycles. The molecule has 1 aromatic carbocycles. The van der Waals surface area contributed by atoms with E-state index in [1.807, 2.05) is 0 Å². The highest BCUT2D eigenvalue weighted by Gasteiger charge is 2.16. The molecule has 2 aromatic heterocycles. The number of carbonyl (C=O) groups is 1. The largest absolute Gasteiger partial charge is 0.493 e. The van der Waals surface area contributed by atoms with Crippen molar-refractivity contribution in [2.75, 3.05) is 14.2 Å². The van der Waals surface area contributed by atoms with Crippen LogP contribution in [0.15, 0.2) is 45.8 Å². The molecule has 0 spiro atoms. The Morgan fingerprint density at radius 3 is 2.70 bits per heavy atom. The number of aromatic nitrogens is 2. The lowest BCUT2D eigenvalue weighted by Gasteiger charge is -2.11. The highest BCUT2D eigenvalue weighted by molar-refractivity contribution is 9.10. The van der Waals surface area contributed by atoms with Gasteiger partial charge in [-0.1, -0.05) is 11.6 Å². The summed E-state index contributed by atoms with van der Waals surface area (Å²) in [7, 11) is 2.89. The van der Waals surface area contributed by atoms with Crippen molar-refractivity contribution in [3.05, 3.63) is 67.6 Å². The number of hydrogen-bond acceptors (Lipinski definition) is 6. The number of fused-ring (bicyclic) bond motifs is 1. The van der Waals surface area contributed by atoms with Crippen molar-refractivity contribution in [3.63, 3.8) is 0 Å². The molecule has 0 N–H and O–H groups in total. The van der Waals surface area contributed by atoms with Crippen molar-refractivity contribution >= 4 is 39.1 Å². The maximum Gasteiger partial charge on any atom is 0.338 e. The minimum absolute atomic E-state index is 0.160. The summed E-state index contributed by atoms with van der Waals surface area (Å²) in [6.45, 7) is -0.160. The number of methoxy groups -OCH3 is 2. The van der Waals surface area contributed by atoms with Crippen LogP contribution in [0.3, 0.4) is 0 Å². The van der Waals surface area contributed by atoms with E-state index < -0.39 is 5.97 Å². The molecular formula is C18H14BrClN2O5. The van der Waals surface area contributed by atoms with Gasteiger partial charge in [-0.2, -0.15) is 0 Å². The second-order valence-electron chi connectivity index (χ2n) is 5.43. The fourth-order valence-corrected chi connectivity index (χ4v) is 3.08. The molecule has 0 fully saturated rings. The lowest BCUT2D eigenvalue weighted by Crippen LogP contribution is -2.16. The number of hydrogen-bond donors (Lipinski definition) is 0. The second kappa shape index (κ2) is 7.98. The number of nitrogens with zero attached hydrogens (tertiary/aromatic N) is 2. The molecule has 0 saturated heterocycles. The topological polar surface area (TPSA) is 79.1 Å². The fourth-order valence-electron chi connectivity index (χ4n) is 2.46. The van der Waals surface area contributed by atoms with Crippen molar-refractivity contribution in [1.82, 2.24) is 9.38 Å². The van der Waals surface area contributed by atoms with Crippen molar-refractivity contribution in [1.29, 1.82) is 0 Å². The Labute approximate surface area is 167 Å². The Balaban J connectivity index is 1.82. The van der Waals surface area contributed by atoms with E-state index in [1.54, 1.807) is 18.3 Å². The molecule has 2 heterocycles. The maximum atomic E-state index is 12.3. The van der Waals surface area contributed by atoms with E-state index >= 15 is 0 Å². The molecule has 0 aliphatic rings. The molecule has 0 aliphatic heterocycles. The molecular weight excluding hydrogens is 440 g/mol. The Hall–Kier alpha value is -2.58. The minimum atomic E-state index is -0.629. The maximum absolute atomic E-state index is 12.3. The van der Waals surface area contributed by atoms with Gasteiger partial charge in [0.2, 0.25) is 0 Å². The summed E-state index contributed by atoms with van der Waals surface area (Å²) in [5.41, 5.74) is 0.703. The van der Waals surface area contributed by atoms with Gasteiger partial charge in [-0.25, -0.2) is 9.78 Å². The first kappa shape index (κ1) is 19.2. The summed E-state index contributed by atoms with van der Waals surface area (Å²) < 4.78 is 17.7. The number of carbonyl (C=O) groups excluding carboxylic acids is 1. The molecule has 27 heavy (non-hydrogen) atoms. The third kappa shape index (κ3) is 4.06. The minimum Gasteiger partial charge on any atom is -0.493 e. The average Bonchev–Trinajstić information content (AvgIpc) is 2.65. The zero-order chi connectivity index (χ0) is 19.6.